The summed E-state index contributed by atoms with van der Waals surface area (Å²) in [6, 6.07) is 10.7. The number of nitrogens with zero attached hydrogens (tertiary/aromatic N) is 4. The summed E-state index contributed by atoms with van der Waals surface area (Å²) < 4.78 is 0. The molecule has 0 radical (unpaired) electrons. The Morgan fingerprint density at radius 1 is 0.750 bits per heavy atom. The Morgan fingerprint density at radius 2 is 1.46 bits per heavy atom. The molecule has 5 rings (SSSR count). The van der Waals surface area contributed by atoms with Crippen molar-refractivity contribution in [2.45, 2.75) is 24.9 Å². The Kier molecular flexibility index (Phi) is 5.54. The van der Waals surface area contributed by atoms with Crippen molar-refractivity contribution in [3.8, 4) is 0 Å². The van der Waals surface area contributed by atoms with Crippen LogP contribution in [0.5, 0.6) is 0 Å². The zero-order valence-corrected chi connectivity index (χ0v) is 16.9. The average Bonchev–Trinajstić information content (AvgIpc) is 2.75. The summed E-state index contributed by atoms with van der Waals surface area (Å²) >= 11 is 0. The van der Waals surface area contributed by atoms with Gasteiger partial charge in [0.1, 0.15) is 0 Å². The minimum Gasteiger partial charge on any atom is -0.369 e. The summed E-state index contributed by atoms with van der Waals surface area (Å²) in [5.74, 6) is 0. The van der Waals surface area contributed by atoms with Crippen LogP contribution < -0.4 is 20.4 Å². The predicted molar refractivity (Wildman–Crippen MR) is 116 cm³/mol. The van der Waals surface area contributed by atoms with Gasteiger partial charge in [-0.2, -0.15) is 0 Å². The topological polar surface area (TPSA) is 37.0 Å². The molecular formula is C22H34N6. The highest BCUT2D eigenvalue weighted by Crippen LogP contribution is 2.26. The number of rotatable bonds is 4. The van der Waals surface area contributed by atoms with E-state index in [0.29, 0.717) is 0 Å². The maximum atomic E-state index is 3.48. The van der Waals surface area contributed by atoms with E-state index >= 15 is 0 Å². The van der Waals surface area contributed by atoms with Gasteiger partial charge >= 0.3 is 0 Å². The van der Waals surface area contributed by atoms with Gasteiger partial charge in [-0.05, 0) is 50.2 Å². The van der Waals surface area contributed by atoms with E-state index in [0.717, 1.165) is 38.4 Å². The predicted octanol–water partition coefficient (Wildman–Crippen LogP) is 1.13. The Balaban J connectivity index is 1.09. The van der Waals surface area contributed by atoms with E-state index in [1.54, 1.807) is 0 Å². The summed E-state index contributed by atoms with van der Waals surface area (Å²) in [6.07, 6.45) is 7.01. The van der Waals surface area contributed by atoms with E-state index in [2.05, 4.69) is 66.8 Å². The molecule has 0 amide bonds. The maximum absolute atomic E-state index is 3.48. The summed E-state index contributed by atoms with van der Waals surface area (Å²) in [7, 11) is 0. The lowest BCUT2D eigenvalue weighted by Crippen LogP contribution is -2.65. The second kappa shape index (κ2) is 8.41. The van der Waals surface area contributed by atoms with Gasteiger partial charge in [0.05, 0.1) is 6.67 Å². The van der Waals surface area contributed by atoms with E-state index in [-0.39, 0.29) is 0 Å². The van der Waals surface area contributed by atoms with E-state index < -0.39 is 0 Å². The van der Waals surface area contributed by atoms with Crippen molar-refractivity contribution < 1.29 is 0 Å². The number of nitrogens with one attached hydrogen (secondary N) is 2. The molecule has 4 aliphatic rings. The third-order valence-electron chi connectivity index (χ3n) is 6.92. The first-order chi connectivity index (χ1) is 13.9. The summed E-state index contributed by atoms with van der Waals surface area (Å²) in [4.78, 5) is 10.3. The molecule has 4 aliphatic heterocycles. The van der Waals surface area contributed by atoms with Crippen LogP contribution in [0.4, 0.5) is 11.4 Å². The molecule has 1 aromatic rings. The Morgan fingerprint density at radius 3 is 2.14 bits per heavy atom. The Labute approximate surface area is 169 Å². The lowest BCUT2D eigenvalue weighted by Gasteiger charge is -2.51. The number of hydrogen-bond donors (Lipinski definition) is 2. The van der Waals surface area contributed by atoms with E-state index in [9.17, 15) is 0 Å². The van der Waals surface area contributed by atoms with E-state index in [1.165, 1.54) is 63.5 Å². The second-order valence-electron chi connectivity index (χ2n) is 8.60. The van der Waals surface area contributed by atoms with Crippen molar-refractivity contribution in [3.63, 3.8) is 0 Å². The Hall–Kier alpha value is -1.60. The summed E-state index contributed by atoms with van der Waals surface area (Å²) in [6.45, 7) is 11.5. The average molecular weight is 383 g/mol. The van der Waals surface area contributed by atoms with Crippen LogP contribution in [0.2, 0.25) is 0 Å². The molecule has 0 spiro atoms. The number of hydrogen-bond acceptors (Lipinski definition) is 6. The molecule has 3 saturated heterocycles. The lowest BCUT2D eigenvalue weighted by atomic mass is 9.97. The van der Waals surface area contributed by atoms with Crippen LogP contribution >= 0.6 is 0 Å². The number of piperidine rings is 1. The van der Waals surface area contributed by atoms with Crippen molar-refractivity contribution >= 4 is 11.4 Å². The molecule has 1 aromatic carbocycles. The van der Waals surface area contributed by atoms with Crippen LogP contribution in [-0.2, 0) is 0 Å². The zero-order chi connectivity index (χ0) is 18.8. The van der Waals surface area contributed by atoms with Gasteiger partial charge in [-0.25, -0.2) is 0 Å². The van der Waals surface area contributed by atoms with Gasteiger partial charge in [-0.15, -0.1) is 0 Å². The standard InChI is InChI=1S/C22H34N6/c1-8-24-18-27(11-1)20-4-2-19(3-5-20)25-12-14-26(15-13-25)22-16-28(17-22)21-6-9-23-10-7-21/h1-5,11,21-24H,6-10,12-18H2. The first-order valence-electron chi connectivity index (χ1n) is 11.0. The molecule has 4 heterocycles. The van der Waals surface area contributed by atoms with Gasteiger partial charge in [-0.1, -0.05) is 6.08 Å². The molecule has 6 heteroatoms. The fraction of sp³-hybridized carbons (Fsp3) is 0.636. The lowest BCUT2D eigenvalue weighted by molar-refractivity contribution is -0.00583. The maximum Gasteiger partial charge on any atom is 0.0728 e. The molecule has 0 aliphatic carbocycles. The van der Waals surface area contributed by atoms with Gasteiger partial charge in [0, 0.05) is 75.5 Å². The first kappa shape index (κ1) is 18.4. The number of piperazine rings is 1. The van der Waals surface area contributed by atoms with Crippen LogP contribution in [-0.4, -0.2) is 87.5 Å². The van der Waals surface area contributed by atoms with E-state index in [4.69, 9.17) is 0 Å². The Bertz CT molecular complexity index is 654. The van der Waals surface area contributed by atoms with Gasteiger partial charge in [0.15, 0.2) is 0 Å². The second-order valence-corrected chi connectivity index (χ2v) is 8.60. The van der Waals surface area contributed by atoms with Gasteiger partial charge in [-0.3, -0.25) is 15.1 Å². The molecule has 3 fully saturated rings. The zero-order valence-electron chi connectivity index (χ0n) is 16.9. The van der Waals surface area contributed by atoms with Crippen molar-refractivity contribution in [1.29, 1.82) is 0 Å². The van der Waals surface area contributed by atoms with Gasteiger partial charge in [0.2, 0.25) is 0 Å². The quantitative estimate of drug-likeness (QED) is 0.813. The molecule has 0 bridgehead atoms. The van der Waals surface area contributed by atoms with Gasteiger partial charge < -0.3 is 15.1 Å². The van der Waals surface area contributed by atoms with Crippen LogP contribution in [0.1, 0.15) is 12.8 Å². The molecule has 0 atom stereocenters. The van der Waals surface area contributed by atoms with Crippen LogP contribution in [0, 0.1) is 0 Å². The molecule has 0 saturated carbocycles. The highest BCUT2D eigenvalue weighted by Gasteiger charge is 2.37. The molecule has 28 heavy (non-hydrogen) atoms. The van der Waals surface area contributed by atoms with Crippen molar-refractivity contribution in [2.75, 3.05) is 75.4 Å². The molecule has 152 valence electrons. The first-order valence-corrected chi connectivity index (χ1v) is 11.0. The number of benzene rings is 1. The molecular weight excluding hydrogens is 348 g/mol. The SMILES string of the molecule is C1=CN(c2ccc(N3CCN(C4CN(C5CCNCC5)C4)CC3)cc2)CNC1. The van der Waals surface area contributed by atoms with E-state index in [1.807, 2.05) is 0 Å². The van der Waals surface area contributed by atoms with Crippen molar-refractivity contribution in [2.24, 2.45) is 0 Å². The molecule has 0 unspecified atom stereocenters. The summed E-state index contributed by atoms with van der Waals surface area (Å²) in [5, 5.41) is 6.86. The number of anilines is 2. The normalized spacial score (nSPS) is 25.9. The third-order valence-corrected chi connectivity index (χ3v) is 6.92. The van der Waals surface area contributed by atoms with Crippen LogP contribution in [0.25, 0.3) is 0 Å². The third kappa shape index (κ3) is 3.92. The molecule has 6 nitrogen and oxygen atoms in total. The van der Waals surface area contributed by atoms with Crippen molar-refractivity contribution in [1.82, 2.24) is 20.4 Å². The molecule has 2 N–H and O–H groups in total. The highest BCUT2D eigenvalue weighted by molar-refractivity contribution is 5.58. The highest BCUT2D eigenvalue weighted by atomic mass is 15.4. The van der Waals surface area contributed by atoms with Crippen molar-refractivity contribution in [3.05, 3.63) is 36.5 Å². The molecule has 0 aromatic heterocycles. The largest absolute Gasteiger partial charge is 0.369 e. The smallest absolute Gasteiger partial charge is 0.0728 e. The minimum atomic E-state index is 0.790. The van der Waals surface area contributed by atoms with Crippen LogP contribution in [0.15, 0.2) is 36.5 Å². The monoisotopic (exact) mass is 382 g/mol. The fourth-order valence-corrected chi connectivity index (χ4v) is 5.07. The van der Waals surface area contributed by atoms with Gasteiger partial charge in [0.25, 0.3) is 0 Å². The fourth-order valence-electron chi connectivity index (χ4n) is 5.07. The minimum absolute atomic E-state index is 0.790. The van der Waals surface area contributed by atoms with Crippen LogP contribution in [0.3, 0.4) is 0 Å². The number of likely N-dealkylation sites (tertiary alicyclic amines) is 1. The summed E-state index contributed by atoms with van der Waals surface area (Å²) in [5.41, 5.74) is 2.63.